The fourth-order valence-corrected chi connectivity index (χ4v) is 3.76. The minimum Gasteiger partial charge on any atom is -0.493 e. The molecule has 5 nitrogen and oxygen atoms in total. The Labute approximate surface area is 186 Å². The molecule has 1 heterocycles. The molecular formula is C24H28BrNO4. The van der Waals surface area contributed by atoms with Crippen molar-refractivity contribution in [1.29, 1.82) is 0 Å². The number of hydrogen-bond donors (Lipinski definition) is 0. The number of carbonyl (C=O) groups excluding carboxylic acids is 1. The molecule has 6 heteroatoms. The SMILES string of the molecule is COc1cc2c(cc1OC)C(c1ccc(Br)cc1)=CN(C(=O)OC(C)(C)C)C(C)C2. The number of fused-ring (bicyclic) bond motifs is 1. The van der Waals surface area contributed by atoms with Crippen LogP contribution in [0, 0.1) is 0 Å². The molecule has 0 saturated heterocycles. The average molecular weight is 474 g/mol. The zero-order valence-electron chi connectivity index (χ0n) is 18.3. The van der Waals surface area contributed by atoms with E-state index >= 15 is 0 Å². The molecule has 1 amide bonds. The summed E-state index contributed by atoms with van der Waals surface area (Å²) >= 11 is 3.50. The van der Waals surface area contributed by atoms with Crippen LogP contribution >= 0.6 is 15.9 Å². The number of nitrogens with zero attached hydrogens (tertiary/aromatic N) is 1. The summed E-state index contributed by atoms with van der Waals surface area (Å²) in [5.74, 6) is 1.32. The lowest BCUT2D eigenvalue weighted by atomic mass is 9.92. The second kappa shape index (κ2) is 8.72. The van der Waals surface area contributed by atoms with Crippen molar-refractivity contribution in [2.24, 2.45) is 0 Å². The van der Waals surface area contributed by atoms with E-state index in [1.54, 1.807) is 19.1 Å². The highest BCUT2D eigenvalue weighted by molar-refractivity contribution is 9.10. The molecule has 160 valence electrons. The monoisotopic (exact) mass is 473 g/mol. The smallest absolute Gasteiger partial charge is 0.414 e. The number of amides is 1. The molecule has 1 aliphatic heterocycles. The van der Waals surface area contributed by atoms with Crippen LogP contribution in [0.1, 0.15) is 44.4 Å². The van der Waals surface area contributed by atoms with Crippen molar-refractivity contribution in [1.82, 2.24) is 4.90 Å². The van der Waals surface area contributed by atoms with Crippen molar-refractivity contribution < 1.29 is 19.0 Å². The van der Waals surface area contributed by atoms with Gasteiger partial charge in [-0.3, -0.25) is 4.90 Å². The van der Waals surface area contributed by atoms with Crippen molar-refractivity contribution in [3.05, 3.63) is 63.8 Å². The maximum Gasteiger partial charge on any atom is 0.414 e. The number of hydrogen-bond acceptors (Lipinski definition) is 4. The first kappa shape index (κ1) is 22.2. The standard InChI is InChI=1S/C24H28BrNO4/c1-15-11-17-12-21(28-5)22(29-6)13-19(17)20(16-7-9-18(25)10-8-16)14-26(15)23(27)30-24(2,3)4/h7-10,12-15H,11H2,1-6H3. The van der Waals surface area contributed by atoms with Gasteiger partial charge in [0.2, 0.25) is 0 Å². The largest absolute Gasteiger partial charge is 0.493 e. The molecule has 0 aliphatic carbocycles. The van der Waals surface area contributed by atoms with Gasteiger partial charge < -0.3 is 14.2 Å². The summed E-state index contributed by atoms with van der Waals surface area (Å²) in [5, 5.41) is 0. The second-order valence-corrected chi connectivity index (χ2v) is 9.27. The normalized spacial score (nSPS) is 16.3. The summed E-state index contributed by atoms with van der Waals surface area (Å²) in [5.41, 5.74) is 3.44. The number of carbonyl (C=O) groups is 1. The van der Waals surface area contributed by atoms with Crippen LogP contribution in [0.15, 0.2) is 47.1 Å². The maximum absolute atomic E-state index is 13.0. The molecule has 3 rings (SSSR count). The van der Waals surface area contributed by atoms with Crippen molar-refractivity contribution in [2.75, 3.05) is 14.2 Å². The molecule has 2 aromatic rings. The first-order valence-corrected chi connectivity index (χ1v) is 10.7. The lowest BCUT2D eigenvalue weighted by Crippen LogP contribution is -2.39. The Balaban J connectivity index is 2.19. The van der Waals surface area contributed by atoms with Crippen LogP contribution in [0.4, 0.5) is 4.79 Å². The molecule has 0 N–H and O–H groups in total. The highest BCUT2D eigenvalue weighted by Gasteiger charge is 2.30. The highest BCUT2D eigenvalue weighted by atomic mass is 79.9. The molecule has 1 atom stereocenters. The fraction of sp³-hybridized carbons (Fsp3) is 0.375. The average Bonchev–Trinajstić information content (AvgIpc) is 2.82. The van der Waals surface area contributed by atoms with E-state index in [9.17, 15) is 4.79 Å². The maximum atomic E-state index is 13.0. The van der Waals surface area contributed by atoms with Crippen LogP contribution in [0.3, 0.4) is 0 Å². The van der Waals surface area contributed by atoms with Crippen LogP contribution < -0.4 is 9.47 Å². The van der Waals surface area contributed by atoms with E-state index in [2.05, 4.69) is 15.9 Å². The zero-order chi connectivity index (χ0) is 22.1. The third-order valence-corrected chi connectivity index (χ3v) is 5.45. The summed E-state index contributed by atoms with van der Waals surface area (Å²) in [6, 6.07) is 11.9. The Bertz CT molecular complexity index is 960. The first-order valence-electron chi connectivity index (χ1n) is 9.87. The van der Waals surface area contributed by atoms with Crippen molar-refractivity contribution in [3.63, 3.8) is 0 Å². The second-order valence-electron chi connectivity index (χ2n) is 8.35. The lowest BCUT2D eigenvalue weighted by molar-refractivity contribution is 0.0283. The molecule has 1 aliphatic rings. The topological polar surface area (TPSA) is 48.0 Å². The molecule has 30 heavy (non-hydrogen) atoms. The van der Waals surface area contributed by atoms with Crippen LogP contribution in [-0.2, 0) is 11.2 Å². The van der Waals surface area contributed by atoms with Crippen molar-refractivity contribution in [2.45, 2.75) is 45.8 Å². The number of ether oxygens (including phenoxy) is 3. The first-order chi connectivity index (χ1) is 14.1. The van der Waals surface area contributed by atoms with E-state index in [-0.39, 0.29) is 12.1 Å². The molecule has 1 unspecified atom stereocenters. The van der Waals surface area contributed by atoms with Gasteiger partial charge in [0.1, 0.15) is 5.60 Å². The molecule has 0 radical (unpaired) electrons. The van der Waals surface area contributed by atoms with E-state index in [0.29, 0.717) is 17.9 Å². The Morgan fingerprint density at radius 3 is 2.23 bits per heavy atom. The minimum atomic E-state index is -0.575. The highest BCUT2D eigenvalue weighted by Crippen LogP contribution is 2.39. The Morgan fingerprint density at radius 1 is 1.07 bits per heavy atom. The van der Waals surface area contributed by atoms with Gasteiger partial charge in [0.25, 0.3) is 0 Å². The molecular weight excluding hydrogens is 446 g/mol. The molecule has 0 saturated carbocycles. The van der Waals surface area contributed by atoms with E-state index in [0.717, 1.165) is 26.7 Å². The van der Waals surface area contributed by atoms with Crippen LogP contribution in [0.25, 0.3) is 5.57 Å². The predicted molar refractivity (Wildman–Crippen MR) is 122 cm³/mol. The van der Waals surface area contributed by atoms with E-state index in [1.807, 2.05) is 70.3 Å². The molecule has 2 aromatic carbocycles. The summed E-state index contributed by atoms with van der Waals surface area (Å²) in [6.45, 7) is 7.64. The molecule has 0 bridgehead atoms. The third-order valence-electron chi connectivity index (χ3n) is 4.92. The van der Waals surface area contributed by atoms with Crippen LogP contribution in [-0.4, -0.2) is 36.9 Å². The van der Waals surface area contributed by atoms with E-state index in [1.165, 1.54) is 0 Å². The number of halogens is 1. The molecule has 0 aromatic heterocycles. The minimum absolute atomic E-state index is 0.0929. The van der Waals surface area contributed by atoms with Gasteiger partial charge in [-0.15, -0.1) is 0 Å². The van der Waals surface area contributed by atoms with Gasteiger partial charge >= 0.3 is 6.09 Å². The lowest BCUT2D eigenvalue weighted by Gasteiger charge is -2.28. The number of benzene rings is 2. The Kier molecular flexibility index (Phi) is 6.46. The van der Waals surface area contributed by atoms with E-state index < -0.39 is 5.60 Å². The van der Waals surface area contributed by atoms with Crippen LogP contribution in [0.2, 0.25) is 0 Å². The van der Waals surface area contributed by atoms with Gasteiger partial charge in [-0.1, -0.05) is 28.1 Å². The Morgan fingerprint density at radius 2 is 1.67 bits per heavy atom. The van der Waals surface area contributed by atoms with E-state index in [4.69, 9.17) is 14.2 Å². The number of rotatable bonds is 3. The van der Waals surface area contributed by atoms with Gasteiger partial charge in [-0.25, -0.2) is 4.79 Å². The van der Waals surface area contributed by atoms with Gasteiger partial charge in [-0.05, 0) is 75.1 Å². The zero-order valence-corrected chi connectivity index (χ0v) is 19.9. The van der Waals surface area contributed by atoms with Crippen molar-refractivity contribution >= 4 is 27.6 Å². The number of methoxy groups -OCH3 is 2. The van der Waals surface area contributed by atoms with Gasteiger partial charge in [-0.2, -0.15) is 0 Å². The Hall–Kier alpha value is -2.47. The summed E-state index contributed by atoms with van der Waals surface area (Å²) < 4.78 is 17.7. The van der Waals surface area contributed by atoms with Crippen molar-refractivity contribution in [3.8, 4) is 11.5 Å². The molecule has 0 fully saturated rings. The van der Waals surface area contributed by atoms with Crippen LogP contribution in [0.5, 0.6) is 11.5 Å². The summed E-state index contributed by atoms with van der Waals surface area (Å²) in [6.07, 6.45) is 2.18. The predicted octanol–water partition coefficient (Wildman–Crippen LogP) is 6.04. The third kappa shape index (κ3) is 4.81. The quantitative estimate of drug-likeness (QED) is 0.545. The van der Waals surface area contributed by atoms with Gasteiger partial charge in [0.15, 0.2) is 11.5 Å². The van der Waals surface area contributed by atoms with Gasteiger partial charge in [0.05, 0.1) is 14.2 Å². The summed E-state index contributed by atoms with van der Waals surface area (Å²) in [4.78, 5) is 14.7. The summed E-state index contributed by atoms with van der Waals surface area (Å²) in [7, 11) is 3.25. The molecule has 0 spiro atoms. The fourth-order valence-electron chi connectivity index (χ4n) is 3.50. The van der Waals surface area contributed by atoms with Gasteiger partial charge in [0, 0.05) is 22.3 Å².